The second-order valence-corrected chi connectivity index (χ2v) is 5.73. The fraction of sp³-hybridized carbons (Fsp3) is 0.733. The van der Waals surface area contributed by atoms with E-state index in [1.54, 1.807) is 0 Å². The summed E-state index contributed by atoms with van der Waals surface area (Å²) >= 11 is 0. The lowest BCUT2D eigenvalue weighted by Gasteiger charge is -2.28. The normalized spacial score (nSPS) is 13.2. The lowest BCUT2D eigenvalue weighted by molar-refractivity contribution is 0.398. The number of hydrogen-bond donors (Lipinski definition) is 2. The van der Waals surface area contributed by atoms with Gasteiger partial charge in [-0.25, -0.2) is 0 Å². The molecule has 0 saturated heterocycles. The molecule has 0 aliphatic rings. The first-order chi connectivity index (χ1) is 7.75. The molecule has 2 heteroatoms. The molecule has 1 atom stereocenters. The summed E-state index contributed by atoms with van der Waals surface area (Å²) in [5, 5.41) is 6.93. The Balaban J connectivity index is 4.29. The van der Waals surface area contributed by atoms with Gasteiger partial charge in [0.05, 0.1) is 0 Å². The Morgan fingerprint density at radius 2 is 1.53 bits per heavy atom. The van der Waals surface area contributed by atoms with Gasteiger partial charge in [0.15, 0.2) is 0 Å². The van der Waals surface area contributed by atoms with E-state index in [9.17, 15) is 0 Å². The molecule has 0 spiro atoms. The van der Waals surface area contributed by atoms with Crippen molar-refractivity contribution in [2.24, 2.45) is 11.8 Å². The Morgan fingerprint density at radius 1 is 1.00 bits per heavy atom. The molecule has 17 heavy (non-hydrogen) atoms. The van der Waals surface area contributed by atoms with Crippen LogP contribution in [-0.4, -0.2) is 18.6 Å². The lowest BCUT2D eigenvalue weighted by Crippen LogP contribution is -2.43. The van der Waals surface area contributed by atoms with Gasteiger partial charge in [0, 0.05) is 24.3 Å². The van der Waals surface area contributed by atoms with E-state index < -0.39 is 0 Å². The second kappa shape index (κ2) is 7.54. The molecular weight excluding hydrogens is 208 g/mol. The maximum Gasteiger partial charge on any atom is 0.0488 e. The van der Waals surface area contributed by atoms with Crippen molar-refractivity contribution in [2.75, 3.05) is 6.54 Å². The van der Waals surface area contributed by atoms with Crippen LogP contribution in [0.5, 0.6) is 0 Å². The quantitative estimate of drug-likeness (QED) is 0.634. The summed E-state index contributed by atoms with van der Waals surface area (Å²) in [7, 11) is 0. The van der Waals surface area contributed by atoms with Crippen molar-refractivity contribution in [3.05, 3.63) is 24.4 Å². The number of hydrogen-bond acceptors (Lipinski definition) is 2. The molecule has 0 bridgehead atoms. The highest BCUT2D eigenvalue weighted by atomic mass is 15.0. The molecule has 0 aromatic rings. The average molecular weight is 238 g/mol. The van der Waals surface area contributed by atoms with E-state index in [4.69, 9.17) is 0 Å². The highest BCUT2D eigenvalue weighted by Crippen LogP contribution is 2.11. The van der Waals surface area contributed by atoms with Crippen LogP contribution in [0.4, 0.5) is 0 Å². The van der Waals surface area contributed by atoms with Crippen molar-refractivity contribution in [3.63, 3.8) is 0 Å². The van der Waals surface area contributed by atoms with E-state index in [1.165, 1.54) is 5.57 Å². The largest absolute Gasteiger partial charge is 0.384 e. The van der Waals surface area contributed by atoms with E-state index >= 15 is 0 Å². The first kappa shape index (κ1) is 16.2. The van der Waals surface area contributed by atoms with Gasteiger partial charge in [0.25, 0.3) is 0 Å². The van der Waals surface area contributed by atoms with E-state index in [2.05, 4.69) is 65.3 Å². The number of rotatable bonds is 8. The molecule has 0 aliphatic carbocycles. The molecule has 0 radical (unpaired) electrons. The topological polar surface area (TPSA) is 24.1 Å². The van der Waals surface area contributed by atoms with Gasteiger partial charge in [-0.2, -0.15) is 0 Å². The second-order valence-electron chi connectivity index (χ2n) is 5.73. The minimum atomic E-state index is 0.315. The van der Waals surface area contributed by atoms with Crippen LogP contribution in [0, 0.1) is 11.8 Å². The number of nitrogens with one attached hydrogen (secondary N) is 2. The monoisotopic (exact) mass is 238 g/mol. The summed E-state index contributed by atoms with van der Waals surface area (Å²) in [6.07, 6.45) is 0. The zero-order valence-corrected chi connectivity index (χ0v) is 12.4. The minimum absolute atomic E-state index is 0.315. The van der Waals surface area contributed by atoms with Crippen molar-refractivity contribution in [1.82, 2.24) is 10.6 Å². The first-order valence-corrected chi connectivity index (χ1v) is 6.62. The first-order valence-electron chi connectivity index (χ1n) is 6.62. The molecular formula is C15H30N2. The molecule has 0 fully saturated rings. The van der Waals surface area contributed by atoms with Crippen LogP contribution in [0.15, 0.2) is 24.4 Å². The molecule has 0 aromatic heterocycles. The molecule has 100 valence electrons. The summed E-state index contributed by atoms with van der Waals surface area (Å²) in [6.45, 7) is 22.1. The van der Waals surface area contributed by atoms with Crippen molar-refractivity contribution in [3.8, 4) is 0 Å². The van der Waals surface area contributed by atoms with E-state index in [-0.39, 0.29) is 0 Å². The molecule has 0 aromatic carbocycles. The molecule has 2 N–H and O–H groups in total. The Bertz CT molecular complexity index is 252. The summed E-state index contributed by atoms with van der Waals surface area (Å²) in [5.74, 6) is 1.05. The van der Waals surface area contributed by atoms with Crippen molar-refractivity contribution in [1.29, 1.82) is 0 Å². The predicted molar refractivity (Wildman–Crippen MR) is 78.0 cm³/mol. The van der Waals surface area contributed by atoms with Crippen molar-refractivity contribution < 1.29 is 0 Å². The van der Waals surface area contributed by atoms with E-state index in [0.717, 1.165) is 12.2 Å². The fourth-order valence-corrected chi connectivity index (χ4v) is 1.60. The SMILES string of the molecule is C=C(CNC(=C)C(NC(C)C)C(C)C)C(C)C. The smallest absolute Gasteiger partial charge is 0.0488 e. The van der Waals surface area contributed by atoms with Gasteiger partial charge in [0.2, 0.25) is 0 Å². The van der Waals surface area contributed by atoms with Crippen LogP contribution < -0.4 is 10.6 Å². The Labute approximate surface area is 108 Å². The van der Waals surface area contributed by atoms with Gasteiger partial charge in [-0.05, 0) is 11.8 Å². The Morgan fingerprint density at radius 3 is 1.88 bits per heavy atom. The highest BCUT2D eigenvalue weighted by molar-refractivity contribution is 5.10. The lowest BCUT2D eigenvalue weighted by atomic mass is 9.99. The van der Waals surface area contributed by atoms with Crippen LogP contribution in [-0.2, 0) is 0 Å². The molecule has 0 aliphatic heterocycles. The third-order valence-corrected chi connectivity index (χ3v) is 2.91. The minimum Gasteiger partial charge on any atom is -0.384 e. The predicted octanol–water partition coefficient (Wildman–Crippen LogP) is 3.32. The molecule has 0 heterocycles. The van der Waals surface area contributed by atoms with Crippen molar-refractivity contribution >= 4 is 0 Å². The third-order valence-electron chi connectivity index (χ3n) is 2.91. The van der Waals surface area contributed by atoms with Crippen LogP contribution in [0.1, 0.15) is 41.5 Å². The Kier molecular flexibility index (Phi) is 7.21. The summed E-state index contributed by atoms with van der Waals surface area (Å²) in [4.78, 5) is 0. The average Bonchev–Trinajstić information content (AvgIpc) is 2.21. The van der Waals surface area contributed by atoms with Crippen LogP contribution >= 0.6 is 0 Å². The van der Waals surface area contributed by atoms with Crippen LogP contribution in [0.25, 0.3) is 0 Å². The zero-order chi connectivity index (χ0) is 13.6. The maximum atomic E-state index is 4.15. The molecule has 0 amide bonds. The molecule has 0 saturated carbocycles. The molecule has 1 unspecified atom stereocenters. The summed E-state index contributed by atoms with van der Waals surface area (Å²) in [6, 6.07) is 0.782. The van der Waals surface area contributed by atoms with Crippen molar-refractivity contribution in [2.45, 2.75) is 53.6 Å². The van der Waals surface area contributed by atoms with Gasteiger partial charge < -0.3 is 10.6 Å². The van der Waals surface area contributed by atoms with E-state index in [1.807, 2.05) is 0 Å². The van der Waals surface area contributed by atoms with Crippen LogP contribution in [0.3, 0.4) is 0 Å². The van der Waals surface area contributed by atoms with Gasteiger partial charge in [-0.15, -0.1) is 0 Å². The summed E-state index contributed by atoms with van der Waals surface area (Å²) < 4.78 is 0. The van der Waals surface area contributed by atoms with Gasteiger partial charge in [-0.1, -0.05) is 60.3 Å². The maximum absolute atomic E-state index is 4.15. The van der Waals surface area contributed by atoms with Gasteiger partial charge >= 0.3 is 0 Å². The zero-order valence-electron chi connectivity index (χ0n) is 12.4. The van der Waals surface area contributed by atoms with Gasteiger partial charge in [0.1, 0.15) is 0 Å². The fourth-order valence-electron chi connectivity index (χ4n) is 1.60. The van der Waals surface area contributed by atoms with Gasteiger partial charge in [-0.3, -0.25) is 0 Å². The highest BCUT2D eigenvalue weighted by Gasteiger charge is 2.17. The van der Waals surface area contributed by atoms with E-state index in [0.29, 0.717) is 23.9 Å². The summed E-state index contributed by atoms with van der Waals surface area (Å²) in [5.41, 5.74) is 2.29. The Hall–Kier alpha value is -0.760. The third kappa shape index (κ3) is 6.52. The van der Waals surface area contributed by atoms with Crippen LogP contribution in [0.2, 0.25) is 0 Å². The standard InChI is InChI=1S/C15H30N2/c1-10(2)13(7)9-16-14(8)15(11(3)4)17-12(5)6/h10-12,15-17H,7-9H2,1-6H3. The molecule has 0 rings (SSSR count). The molecule has 2 nitrogen and oxygen atoms in total.